The van der Waals surface area contributed by atoms with Gasteiger partial charge in [0.15, 0.2) is 5.52 Å². The summed E-state index contributed by atoms with van der Waals surface area (Å²) in [6.07, 6.45) is 1.46. The lowest BCUT2D eigenvalue weighted by molar-refractivity contribution is -0.383. The topological polar surface area (TPSA) is 103 Å². The van der Waals surface area contributed by atoms with Crippen LogP contribution in [0.4, 0.5) is 5.69 Å². The first kappa shape index (κ1) is 14.7. The van der Waals surface area contributed by atoms with Crippen LogP contribution in [-0.4, -0.2) is 27.6 Å². The van der Waals surface area contributed by atoms with Gasteiger partial charge in [0.1, 0.15) is 12.4 Å². The molecular weight excluding hydrogens is 276 g/mol. The molecule has 1 heterocycles. The lowest BCUT2D eigenvalue weighted by Crippen LogP contribution is -2.30. The van der Waals surface area contributed by atoms with E-state index in [2.05, 4.69) is 4.98 Å². The zero-order valence-electron chi connectivity index (χ0n) is 11.6. The largest absolute Gasteiger partial charge is 0.492 e. The number of ether oxygens (including phenoxy) is 1. The van der Waals surface area contributed by atoms with E-state index in [0.29, 0.717) is 11.1 Å². The minimum Gasteiger partial charge on any atom is -0.492 e. The number of pyridine rings is 1. The fourth-order valence-electron chi connectivity index (χ4n) is 1.72. The fraction of sp³-hybridized carbons (Fsp3) is 0.286. The number of non-ortho nitro benzene ring substituents is 1. The van der Waals surface area contributed by atoms with E-state index in [-0.39, 0.29) is 17.8 Å². The minimum atomic E-state index is -1.06. The number of carbonyl (C=O) groups is 1. The van der Waals surface area contributed by atoms with Crippen molar-refractivity contribution in [2.75, 3.05) is 6.61 Å². The van der Waals surface area contributed by atoms with E-state index in [9.17, 15) is 14.9 Å². The molecule has 1 aromatic heterocycles. The third kappa shape index (κ3) is 2.91. The smallest absolute Gasteiger partial charge is 0.312 e. The van der Waals surface area contributed by atoms with E-state index in [1.54, 1.807) is 26.0 Å². The van der Waals surface area contributed by atoms with Crippen molar-refractivity contribution in [1.29, 1.82) is 0 Å². The molecule has 7 nitrogen and oxygen atoms in total. The van der Waals surface area contributed by atoms with Crippen LogP contribution >= 0.6 is 0 Å². The Kier molecular flexibility index (Phi) is 3.75. The second kappa shape index (κ2) is 5.35. The lowest BCUT2D eigenvalue weighted by Gasteiger charge is -2.20. The van der Waals surface area contributed by atoms with E-state index >= 15 is 0 Å². The fourth-order valence-corrected chi connectivity index (χ4v) is 1.72. The maximum Gasteiger partial charge on any atom is 0.312 e. The Bertz CT molecular complexity index is 712. The standard InChI is InChI=1S/C14H14N2O5/c1-14(2,13(17)18)8-21-11-6-5-10(16(19)20)12-9(11)4-3-7-15-12/h3-7H,8H2,1-2H3,(H,17,18). The van der Waals surface area contributed by atoms with Gasteiger partial charge in [0.2, 0.25) is 0 Å². The van der Waals surface area contributed by atoms with Crippen molar-refractivity contribution in [1.82, 2.24) is 4.98 Å². The Morgan fingerprint density at radius 1 is 1.43 bits per heavy atom. The Hall–Kier alpha value is -2.70. The summed E-state index contributed by atoms with van der Waals surface area (Å²) in [4.78, 5) is 25.5. The van der Waals surface area contributed by atoms with Crippen molar-refractivity contribution in [3.63, 3.8) is 0 Å². The molecule has 7 heteroatoms. The zero-order chi connectivity index (χ0) is 15.6. The van der Waals surface area contributed by atoms with Crippen molar-refractivity contribution in [3.8, 4) is 5.75 Å². The second-order valence-corrected chi connectivity index (χ2v) is 5.22. The maximum atomic E-state index is 11.1. The van der Waals surface area contributed by atoms with Gasteiger partial charge in [0.25, 0.3) is 5.69 Å². The molecular formula is C14H14N2O5. The van der Waals surface area contributed by atoms with E-state index < -0.39 is 16.3 Å². The Morgan fingerprint density at radius 3 is 2.76 bits per heavy atom. The molecule has 0 aliphatic heterocycles. The number of hydrogen-bond acceptors (Lipinski definition) is 5. The van der Waals surface area contributed by atoms with E-state index in [1.165, 1.54) is 18.3 Å². The van der Waals surface area contributed by atoms with Crippen LogP contribution in [-0.2, 0) is 4.79 Å². The SMILES string of the molecule is CC(C)(COc1ccc([N+](=O)[O-])c2ncccc12)C(=O)O. The molecule has 0 radical (unpaired) electrons. The van der Waals surface area contributed by atoms with Crippen LogP contribution in [0, 0.1) is 15.5 Å². The van der Waals surface area contributed by atoms with Crippen LogP contribution in [0.1, 0.15) is 13.8 Å². The van der Waals surface area contributed by atoms with Gasteiger partial charge in [-0.25, -0.2) is 4.98 Å². The van der Waals surface area contributed by atoms with Crippen LogP contribution in [0.15, 0.2) is 30.5 Å². The van der Waals surface area contributed by atoms with Crippen molar-refractivity contribution in [2.45, 2.75) is 13.8 Å². The van der Waals surface area contributed by atoms with Crippen molar-refractivity contribution in [2.24, 2.45) is 5.41 Å². The van der Waals surface area contributed by atoms with E-state index in [1.807, 2.05) is 0 Å². The predicted octanol–water partition coefficient (Wildman–Crippen LogP) is 2.63. The van der Waals surface area contributed by atoms with Gasteiger partial charge in [-0.3, -0.25) is 14.9 Å². The molecule has 0 saturated heterocycles. The van der Waals surface area contributed by atoms with Gasteiger partial charge in [-0.15, -0.1) is 0 Å². The molecule has 0 atom stereocenters. The van der Waals surface area contributed by atoms with Crippen LogP contribution in [0.3, 0.4) is 0 Å². The molecule has 1 N–H and O–H groups in total. The van der Waals surface area contributed by atoms with Gasteiger partial charge < -0.3 is 9.84 Å². The summed E-state index contributed by atoms with van der Waals surface area (Å²) >= 11 is 0. The predicted molar refractivity (Wildman–Crippen MR) is 75.3 cm³/mol. The number of aliphatic carboxylic acids is 1. The van der Waals surface area contributed by atoms with Crippen molar-refractivity contribution >= 4 is 22.6 Å². The third-order valence-electron chi connectivity index (χ3n) is 3.07. The number of benzene rings is 1. The summed E-state index contributed by atoms with van der Waals surface area (Å²) in [5, 5.41) is 20.5. The molecule has 21 heavy (non-hydrogen) atoms. The first-order chi connectivity index (χ1) is 9.83. The maximum absolute atomic E-state index is 11.1. The molecule has 2 rings (SSSR count). The average molecular weight is 290 g/mol. The molecule has 0 unspecified atom stereocenters. The summed E-state index contributed by atoms with van der Waals surface area (Å²) < 4.78 is 5.54. The van der Waals surface area contributed by atoms with Crippen LogP contribution in [0.25, 0.3) is 10.9 Å². The molecule has 2 aromatic rings. The summed E-state index contributed by atoms with van der Waals surface area (Å²) in [5.41, 5.74) is -0.959. The van der Waals surface area contributed by atoms with Crippen LogP contribution in [0.2, 0.25) is 0 Å². The minimum absolute atomic E-state index is 0.0514. The van der Waals surface area contributed by atoms with Gasteiger partial charge in [-0.05, 0) is 32.0 Å². The highest BCUT2D eigenvalue weighted by Crippen LogP contribution is 2.32. The Morgan fingerprint density at radius 2 is 2.14 bits per heavy atom. The van der Waals surface area contributed by atoms with E-state index in [0.717, 1.165) is 0 Å². The quantitative estimate of drug-likeness (QED) is 0.670. The molecule has 0 aliphatic carbocycles. The Balaban J connectivity index is 2.40. The van der Waals surface area contributed by atoms with Gasteiger partial charge >= 0.3 is 5.97 Å². The second-order valence-electron chi connectivity index (χ2n) is 5.22. The number of fused-ring (bicyclic) bond motifs is 1. The molecule has 0 bridgehead atoms. The summed E-state index contributed by atoms with van der Waals surface area (Å²) in [6.45, 7) is 3.03. The van der Waals surface area contributed by atoms with E-state index in [4.69, 9.17) is 9.84 Å². The average Bonchev–Trinajstić information content (AvgIpc) is 2.44. The third-order valence-corrected chi connectivity index (χ3v) is 3.07. The number of rotatable bonds is 5. The Labute approximate surface area is 120 Å². The van der Waals surface area contributed by atoms with Gasteiger partial charge in [-0.2, -0.15) is 0 Å². The number of nitro benzene ring substituents is 1. The number of carboxylic acids is 1. The highest BCUT2D eigenvalue weighted by atomic mass is 16.6. The number of hydrogen-bond donors (Lipinski definition) is 1. The van der Waals surface area contributed by atoms with Gasteiger partial charge in [0, 0.05) is 17.6 Å². The van der Waals surface area contributed by atoms with Crippen molar-refractivity contribution < 1.29 is 19.6 Å². The summed E-state index contributed by atoms with van der Waals surface area (Å²) in [5.74, 6) is -0.607. The molecule has 0 saturated carbocycles. The molecule has 0 fully saturated rings. The van der Waals surface area contributed by atoms with Gasteiger partial charge in [-0.1, -0.05) is 0 Å². The first-order valence-corrected chi connectivity index (χ1v) is 6.21. The summed E-state index contributed by atoms with van der Waals surface area (Å²) in [7, 11) is 0. The highest BCUT2D eigenvalue weighted by Gasteiger charge is 2.28. The monoisotopic (exact) mass is 290 g/mol. The molecule has 0 aliphatic rings. The molecule has 0 spiro atoms. The first-order valence-electron chi connectivity index (χ1n) is 6.21. The normalized spacial score (nSPS) is 11.3. The number of nitro groups is 1. The number of carboxylic acid groups (broad SMARTS) is 1. The van der Waals surface area contributed by atoms with Gasteiger partial charge in [0.05, 0.1) is 10.3 Å². The lowest BCUT2D eigenvalue weighted by atomic mass is 9.95. The van der Waals surface area contributed by atoms with Crippen molar-refractivity contribution in [3.05, 3.63) is 40.6 Å². The molecule has 1 aromatic carbocycles. The highest BCUT2D eigenvalue weighted by molar-refractivity contribution is 5.92. The summed E-state index contributed by atoms with van der Waals surface area (Å²) in [6, 6.07) is 6.05. The molecule has 110 valence electrons. The molecule has 0 amide bonds. The van der Waals surface area contributed by atoms with Crippen LogP contribution < -0.4 is 4.74 Å². The number of nitrogens with zero attached hydrogens (tertiary/aromatic N) is 2. The number of aromatic nitrogens is 1. The zero-order valence-corrected chi connectivity index (χ0v) is 11.6. The van der Waals surface area contributed by atoms with Crippen LogP contribution in [0.5, 0.6) is 5.75 Å².